The highest BCUT2D eigenvalue weighted by molar-refractivity contribution is 5.26. The van der Waals surface area contributed by atoms with Gasteiger partial charge in [-0.15, -0.1) is 0 Å². The van der Waals surface area contributed by atoms with E-state index in [1.165, 1.54) is 6.07 Å². The minimum Gasteiger partial charge on any atom is -0.471 e. The first-order valence-electron chi connectivity index (χ1n) is 5.44. The highest BCUT2D eigenvalue weighted by Gasteiger charge is 2.21. The summed E-state index contributed by atoms with van der Waals surface area (Å²) in [5, 5.41) is 3.15. The third-order valence-electron chi connectivity index (χ3n) is 2.40. The molecule has 0 amide bonds. The molecule has 0 radical (unpaired) electrons. The second-order valence-corrected chi connectivity index (χ2v) is 3.98. The summed E-state index contributed by atoms with van der Waals surface area (Å²) in [4.78, 5) is 3.68. The number of halogens is 3. The van der Waals surface area contributed by atoms with Gasteiger partial charge in [-0.05, 0) is 18.9 Å². The monoisotopic (exact) mass is 246 g/mol. The second-order valence-electron chi connectivity index (χ2n) is 3.98. The van der Waals surface area contributed by atoms with Crippen LogP contribution < -0.4 is 10.1 Å². The number of nitrogens with zero attached hydrogens (tertiary/aromatic N) is 1. The summed E-state index contributed by atoms with van der Waals surface area (Å²) in [6, 6.07) is 1.70. The van der Waals surface area contributed by atoms with Crippen molar-refractivity contribution < 1.29 is 17.9 Å². The molecule has 0 unspecified atom stereocenters. The van der Waals surface area contributed by atoms with Crippen LogP contribution in [0, 0.1) is 5.82 Å². The van der Waals surface area contributed by atoms with Crippen LogP contribution in [-0.2, 0) is 6.54 Å². The molecule has 1 fully saturated rings. The second kappa shape index (κ2) is 5.35. The predicted molar refractivity (Wildman–Crippen MR) is 55.6 cm³/mol. The summed E-state index contributed by atoms with van der Waals surface area (Å²) < 4.78 is 41.9. The molecule has 1 aliphatic rings. The minimum atomic E-state index is -2.56. The molecule has 1 aliphatic carbocycles. The maximum atomic E-state index is 13.0. The van der Waals surface area contributed by atoms with Crippen molar-refractivity contribution in [1.29, 1.82) is 0 Å². The van der Waals surface area contributed by atoms with Crippen LogP contribution in [0.3, 0.4) is 0 Å². The molecule has 0 spiro atoms. The molecular formula is C11H13F3N2O. The van der Waals surface area contributed by atoms with Crippen molar-refractivity contribution in [2.45, 2.75) is 31.9 Å². The molecule has 1 N–H and O–H groups in total. The Morgan fingerprint density at radius 3 is 2.88 bits per heavy atom. The van der Waals surface area contributed by atoms with Crippen molar-refractivity contribution in [3.8, 4) is 5.88 Å². The van der Waals surface area contributed by atoms with Gasteiger partial charge >= 0.3 is 0 Å². The van der Waals surface area contributed by atoms with Crippen molar-refractivity contribution in [3.63, 3.8) is 0 Å². The Morgan fingerprint density at radius 2 is 2.24 bits per heavy atom. The van der Waals surface area contributed by atoms with E-state index < -0.39 is 18.8 Å². The van der Waals surface area contributed by atoms with Crippen LogP contribution in [0.5, 0.6) is 5.88 Å². The minimum absolute atomic E-state index is 0.0693. The van der Waals surface area contributed by atoms with Gasteiger partial charge in [0.2, 0.25) is 5.88 Å². The zero-order valence-electron chi connectivity index (χ0n) is 9.13. The Morgan fingerprint density at radius 1 is 1.47 bits per heavy atom. The molecule has 94 valence electrons. The van der Waals surface area contributed by atoms with E-state index in [4.69, 9.17) is 4.74 Å². The highest BCUT2D eigenvalue weighted by Crippen LogP contribution is 2.22. The largest absolute Gasteiger partial charge is 0.471 e. The van der Waals surface area contributed by atoms with E-state index in [9.17, 15) is 13.2 Å². The molecule has 0 atom stereocenters. The quantitative estimate of drug-likeness (QED) is 0.834. The van der Waals surface area contributed by atoms with E-state index in [1.54, 1.807) is 0 Å². The lowest BCUT2D eigenvalue weighted by molar-refractivity contribution is 0.0789. The number of ether oxygens (including phenoxy) is 1. The maximum absolute atomic E-state index is 13.0. The van der Waals surface area contributed by atoms with E-state index in [2.05, 4.69) is 10.3 Å². The number of alkyl halides is 2. The molecule has 0 bridgehead atoms. The molecule has 3 nitrogen and oxygen atoms in total. The zero-order valence-corrected chi connectivity index (χ0v) is 9.13. The van der Waals surface area contributed by atoms with Crippen molar-refractivity contribution in [2.24, 2.45) is 0 Å². The SMILES string of the molecule is Fc1cnc(OCC(F)F)c(CNC2CC2)c1. The first kappa shape index (κ1) is 12.2. The van der Waals surface area contributed by atoms with E-state index in [1.807, 2.05) is 0 Å². The van der Waals surface area contributed by atoms with Gasteiger partial charge in [0.1, 0.15) is 5.82 Å². The summed E-state index contributed by atoms with van der Waals surface area (Å²) in [6.07, 6.45) is 0.582. The van der Waals surface area contributed by atoms with Gasteiger partial charge in [-0.25, -0.2) is 18.2 Å². The Hall–Kier alpha value is -1.30. The van der Waals surface area contributed by atoms with Gasteiger partial charge < -0.3 is 10.1 Å². The predicted octanol–water partition coefficient (Wildman–Crippen LogP) is 2.12. The fourth-order valence-electron chi connectivity index (χ4n) is 1.41. The molecular weight excluding hydrogens is 233 g/mol. The molecule has 1 saturated carbocycles. The summed E-state index contributed by atoms with van der Waals surface area (Å²) in [6.45, 7) is -0.344. The molecule has 6 heteroatoms. The van der Waals surface area contributed by atoms with Gasteiger partial charge in [0.25, 0.3) is 6.43 Å². The van der Waals surface area contributed by atoms with E-state index in [0.29, 0.717) is 18.2 Å². The van der Waals surface area contributed by atoms with Crippen LogP contribution in [0.1, 0.15) is 18.4 Å². The zero-order chi connectivity index (χ0) is 12.3. The van der Waals surface area contributed by atoms with Gasteiger partial charge in [0.05, 0.1) is 6.20 Å². The first-order valence-corrected chi connectivity index (χ1v) is 5.44. The third-order valence-corrected chi connectivity index (χ3v) is 2.40. The van der Waals surface area contributed by atoms with Crippen LogP contribution in [0.4, 0.5) is 13.2 Å². The normalized spacial score (nSPS) is 15.3. The average molecular weight is 246 g/mol. The van der Waals surface area contributed by atoms with E-state index in [-0.39, 0.29) is 5.88 Å². The van der Waals surface area contributed by atoms with Crippen molar-refractivity contribution in [1.82, 2.24) is 10.3 Å². The van der Waals surface area contributed by atoms with Crippen LogP contribution in [-0.4, -0.2) is 24.1 Å². The molecule has 1 aromatic heterocycles. The van der Waals surface area contributed by atoms with Gasteiger partial charge in [-0.1, -0.05) is 0 Å². The molecule has 1 aromatic rings. The number of nitrogens with one attached hydrogen (secondary N) is 1. The van der Waals surface area contributed by atoms with E-state index >= 15 is 0 Å². The molecule has 17 heavy (non-hydrogen) atoms. The lowest BCUT2D eigenvalue weighted by Crippen LogP contribution is -2.17. The van der Waals surface area contributed by atoms with Crippen LogP contribution in [0.2, 0.25) is 0 Å². The van der Waals surface area contributed by atoms with Crippen LogP contribution >= 0.6 is 0 Å². The van der Waals surface area contributed by atoms with Gasteiger partial charge in [-0.2, -0.15) is 0 Å². The molecule has 2 rings (SSSR count). The Kier molecular flexibility index (Phi) is 3.83. The van der Waals surface area contributed by atoms with Crippen LogP contribution in [0.25, 0.3) is 0 Å². The maximum Gasteiger partial charge on any atom is 0.272 e. The summed E-state index contributed by atoms with van der Waals surface area (Å²) in [5.41, 5.74) is 0.470. The van der Waals surface area contributed by atoms with Crippen LogP contribution in [0.15, 0.2) is 12.3 Å². The van der Waals surface area contributed by atoms with Crippen molar-refractivity contribution in [3.05, 3.63) is 23.6 Å². The first-order chi connectivity index (χ1) is 8.15. The number of rotatable bonds is 6. The lowest BCUT2D eigenvalue weighted by atomic mass is 10.2. The number of hydrogen-bond donors (Lipinski definition) is 1. The topological polar surface area (TPSA) is 34.1 Å². The number of aromatic nitrogens is 1. The highest BCUT2D eigenvalue weighted by atomic mass is 19.3. The summed E-state index contributed by atoms with van der Waals surface area (Å²) in [5.74, 6) is -0.429. The Balaban J connectivity index is 2.00. The molecule has 1 heterocycles. The average Bonchev–Trinajstić information content (AvgIpc) is 3.08. The molecule has 0 aromatic carbocycles. The van der Waals surface area contributed by atoms with E-state index in [0.717, 1.165) is 19.0 Å². The molecule has 0 saturated heterocycles. The Labute approximate surface area is 97.0 Å². The van der Waals surface area contributed by atoms with Gasteiger partial charge in [0, 0.05) is 18.2 Å². The lowest BCUT2D eigenvalue weighted by Gasteiger charge is -2.10. The fourth-order valence-corrected chi connectivity index (χ4v) is 1.41. The van der Waals surface area contributed by atoms with Crippen molar-refractivity contribution >= 4 is 0 Å². The van der Waals surface area contributed by atoms with Crippen molar-refractivity contribution in [2.75, 3.05) is 6.61 Å². The summed E-state index contributed by atoms with van der Waals surface area (Å²) >= 11 is 0. The number of hydrogen-bond acceptors (Lipinski definition) is 3. The van der Waals surface area contributed by atoms with Gasteiger partial charge in [0.15, 0.2) is 6.61 Å². The summed E-state index contributed by atoms with van der Waals surface area (Å²) in [7, 11) is 0. The fraction of sp³-hybridized carbons (Fsp3) is 0.545. The number of pyridine rings is 1. The Bertz CT molecular complexity index is 383. The molecule has 0 aliphatic heterocycles. The van der Waals surface area contributed by atoms with Gasteiger partial charge in [-0.3, -0.25) is 0 Å². The smallest absolute Gasteiger partial charge is 0.272 e. The standard InChI is InChI=1S/C11H13F3N2O/c12-8-3-7(4-15-9-1-2-9)11(16-5-8)17-6-10(13)14/h3,5,9-10,15H,1-2,4,6H2. The third kappa shape index (κ3) is 3.89.